The number of nitrogens with zero attached hydrogens (tertiary/aromatic N) is 2. The van der Waals surface area contributed by atoms with E-state index < -0.39 is 16.8 Å². The van der Waals surface area contributed by atoms with Crippen LogP contribution in [0.15, 0.2) is 48.0 Å². The zero-order chi connectivity index (χ0) is 19.3. The van der Waals surface area contributed by atoms with Gasteiger partial charge in [-0.15, -0.1) is 0 Å². The van der Waals surface area contributed by atoms with E-state index >= 15 is 0 Å². The molecule has 0 atom stereocenters. The average Bonchev–Trinajstić information content (AvgIpc) is 2.60. The zero-order valence-corrected chi connectivity index (χ0v) is 13.7. The minimum Gasteiger partial charge on any atom is -0.478 e. The van der Waals surface area contributed by atoms with E-state index in [0.29, 0.717) is 0 Å². The molecule has 0 saturated heterocycles. The number of non-ortho nitro benzene ring substituents is 1. The number of carboxylic acids is 1. The third kappa shape index (κ3) is 4.43. The van der Waals surface area contributed by atoms with Crippen molar-refractivity contribution in [2.75, 3.05) is 5.32 Å². The van der Waals surface area contributed by atoms with Crippen molar-refractivity contribution in [2.24, 2.45) is 0 Å². The summed E-state index contributed by atoms with van der Waals surface area (Å²) in [7, 11) is 0. The molecule has 8 nitrogen and oxygen atoms in total. The lowest BCUT2D eigenvalue weighted by atomic mass is 10.1. The van der Waals surface area contributed by atoms with E-state index in [4.69, 9.17) is 16.7 Å². The summed E-state index contributed by atoms with van der Waals surface area (Å²) in [5.74, 6) is -1.97. The molecule has 0 aromatic heterocycles. The number of nitrogens with one attached hydrogen (secondary N) is 1. The van der Waals surface area contributed by atoms with Crippen LogP contribution in [-0.2, 0) is 4.79 Å². The first kappa shape index (κ1) is 18.6. The fraction of sp³-hybridized carbons (Fsp3) is 0. The Hall–Kier alpha value is -3.70. The number of nitriles is 1. The summed E-state index contributed by atoms with van der Waals surface area (Å²) >= 11 is 5.95. The molecule has 2 aromatic carbocycles. The van der Waals surface area contributed by atoms with Gasteiger partial charge >= 0.3 is 5.97 Å². The van der Waals surface area contributed by atoms with Crippen molar-refractivity contribution in [3.05, 3.63) is 74.3 Å². The third-order valence-electron chi connectivity index (χ3n) is 3.22. The summed E-state index contributed by atoms with van der Waals surface area (Å²) in [4.78, 5) is 33.4. The highest BCUT2D eigenvalue weighted by atomic mass is 35.5. The van der Waals surface area contributed by atoms with Crippen LogP contribution in [0, 0.1) is 21.4 Å². The van der Waals surface area contributed by atoms with Crippen LogP contribution in [0.5, 0.6) is 0 Å². The molecule has 9 heteroatoms. The molecular formula is C17H10ClN3O5. The minimum atomic E-state index is -1.17. The smallest absolute Gasteiger partial charge is 0.335 e. The maximum atomic E-state index is 12.2. The van der Waals surface area contributed by atoms with Gasteiger partial charge in [0.2, 0.25) is 0 Å². The van der Waals surface area contributed by atoms with Crippen LogP contribution < -0.4 is 5.32 Å². The Morgan fingerprint density at radius 3 is 2.62 bits per heavy atom. The van der Waals surface area contributed by atoms with Crippen LogP contribution >= 0.6 is 11.6 Å². The summed E-state index contributed by atoms with van der Waals surface area (Å²) in [6.07, 6.45) is 1.12. The molecule has 130 valence electrons. The van der Waals surface area contributed by atoms with Crippen LogP contribution in [0.3, 0.4) is 0 Å². The fourth-order valence-corrected chi connectivity index (χ4v) is 2.16. The first-order chi connectivity index (χ1) is 12.3. The first-order valence-corrected chi connectivity index (χ1v) is 7.40. The Bertz CT molecular complexity index is 979. The molecule has 0 unspecified atom stereocenters. The highest BCUT2D eigenvalue weighted by Gasteiger charge is 2.14. The molecule has 2 rings (SSSR count). The molecule has 0 heterocycles. The van der Waals surface area contributed by atoms with Gasteiger partial charge in [0.05, 0.1) is 10.5 Å². The molecule has 0 aliphatic rings. The summed E-state index contributed by atoms with van der Waals surface area (Å²) in [6.45, 7) is 0. The number of amides is 1. The number of carbonyl (C=O) groups is 2. The molecule has 0 fully saturated rings. The van der Waals surface area contributed by atoms with Crippen molar-refractivity contribution in [1.29, 1.82) is 5.26 Å². The number of benzene rings is 2. The van der Waals surface area contributed by atoms with Gasteiger partial charge in [0.15, 0.2) is 0 Å². The van der Waals surface area contributed by atoms with Crippen LogP contribution in [0.1, 0.15) is 15.9 Å². The lowest BCUT2D eigenvalue weighted by Crippen LogP contribution is -2.14. The Balaban J connectivity index is 2.32. The number of hydrogen-bond acceptors (Lipinski definition) is 5. The van der Waals surface area contributed by atoms with Gasteiger partial charge in [0, 0.05) is 28.4 Å². The van der Waals surface area contributed by atoms with Crippen molar-refractivity contribution >= 4 is 40.9 Å². The van der Waals surface area contributed by atoms with Gasteiger partial charge in [-0.3, -0.25) is 14.9 Å². The number of nitro benzene ring substituents is 1. The number of rotatable bonds is 5. The SMILES string of the molecule is N#C/C(=C/c1cc([N+](=O)[O-])ccc1Cl)C(=O)Nc1cccc(C(=O)O)c1. The monoisotopic (exact) mass is 371 g/mol. The van der Waals surface area contributed by atoms with E-state index in [1.807, 2.05) is 0 Å². The van der Waals surface area contributed by atoms with E-state index in [2.05, 4.69) is 5.32 Å². The highest BCUT2D eigenvalue weighted by Crippen LogP contribution is 2.24. The molecule has 0 aliphatic heterocycles. The molecule has 26 heavy (non-hydrogen) atoms. The van der Waals surface area contributed by atoms with E-state index in [-0.39, 0.29) is 33.1 Å². The summed E-state index contributed by atoms with van der Waals surface area (Å²) in [5, 5.41) is 31.5. The lowest BCUT2D eigenvalue weighted by Gasteiger charge is -2.06. The van der Waals surface area contributed by atoms with E-state index in [1.54, 1.807) is 6.07 Å². The highest BCUT2D eigenvalue weighted by molar-refractivity contribution is 6.32. The Morgan fingerprint density at radius 1 is 1.27 bits per heavy atom. The largest absolute Gasteiger partial charge is 0.478 e. The molecule has 0 spiro atoms. The number of aromatic carboxylic acids is 1. The second-order valence-corrected chi connectivity index (χ2v) is 5.38. The molecule has 0 saturated carbocycles. The van der Waals surface area contributed by atoms with Crippen LogP contribution in [0.4, 0.5) is 11.4 Å². The summed E-state index contributed by atoms with van der Waals surface area (Å²) < 4.78 is 0. The van der Waals surface area contributed by atoms with Gasteiger partial charge in [0.25, 0.3) is 11.6 Å². The minimum absolute atomic E-state index is 0.0352. The normalized spacial score (nSPS) is 10.7. The Kier molecular flexibility index (Phi) is 5.67. The molecule has 2 aromatic rings. The second-order valence-electron chi connectivity index (χ2n) is 4.97. The quantitative estimate of drug-likeness (QED) is 0.357. The van der Waals surface area contributed by atoms with E-state index in [9.17, 15) is 25.0 Å². The van der Waals surface area contributed by atoms with Crippen LogP contribution in [0.2, 0.25) is 5.02 Å². The molecule has 0 radical (unpaired) electrons. The van der Waals surface area contributed by atoms with Crippen molar-refractivity contribution in [1.82, 2.24) is 0 Å². The molecule has 0 bridgehead atoms. The van der Waals surface area contributed by atoms with Crippen LogP contribution in [-0.4, -0.2) is 21.9 Å². The van der Waals surface area contributed by atoms with Crippen molar-refractivity contribution in [3.8, 4) is 6.07 Å². The zero-order valence-electron chi connectivity index (χ0n) is 13.0. The standard InChI is InChI=1S/C17H10ClN3O5/c18-15-5-4-14(21(25)26)8-11(15)6-12(9-19)16(22)20-13-3-1-2-10(7-13)17(23)24/h1-8H,(H,20,22)(H,23,24)/b12-6-. The third-order valence-corrected chi connectivity index (χ3v) is 3.57. The van der Waals surface area contributed by atoms with Gasteiger partial charge < -0.3 is 10.4 Å². The van der Waals surface area contributed by atoms with Gasteiger partial charge in [-0.05, 0) is 30.3 Å². The van der Waals surface area contributed by atoms with E-state index in [1.165, 1.54) is 36.4 Å². The van der Waals surface area contributed by atoms with Gasteiger partial charge in [-0.2, -0.15) is 5.26 Å². The lowest BCUT2D eigenvalue weighted by molar-refractivity contribution is -0.384. The average molecular weight is 372 g/mol. The maximum absolute atomic E-state index is 12.2. The topological polar surface area (TPSA) is 133 Å². The number of carbonyl (C=O) groups excluding carboxylic acids is 1. The Morgan fingerprint density at radius 2 is 2.00 bits per heavy atom. The van der Waals surface area contributed by atoms with E-state index in [0.717, 1.165) is 12.1 Å². The fourth-order valence-electron chi connectivity index (χ4n) is 1.99. The first-order valence-electron chi connectivity index (χ1n) is 7.02. The molecular weight excluding hydrogens is 362 g/mol. The van der Waals surface area contributed by atoms with Crippen molar-refractivity contribution in [2.45, 2.75) is 0 Å². The number of anilines is 1. The van der Waals surface area contributed by atoms with Crippen LogP contribution in [0.25, 0.3) is 6.08 Å². The number of carboxylic acid groups (broad SMARTS) is 1. The number of halogens is 1. The van der Waals surface area contributed by atoms with Crippen molar-refractivity contribution in [3.63, 3.8) is 0 Å². The summed E-state index contributed by atoms with van der Waals surface area (Å²) in [6, 6.07) is 10.8. The number of nitro groups is 1. The van der Waals surface area contributed by atoms with Gasteiger partial charge in [-0.25, -0.2) is 4.79 Å². The number of hydrogen-bond donors (Lipinski definition) is 2. The molecule has 0 aliphatic carbocycles. The summed E-state index contributed by atoms with van der Waals surface area (Å²) in [5.41, 5.74) is -0.319. The van der Waals surface area contributed by atoms with Gasteiger partial charge in [0.1, 0.15) is 11.6 Å². The molecule has 2 N–H and O–H groups in total. The van der Waals surface area contributed by atoms with Gasteiger partial charge in [-0.1, -0.05) is 17.7 Å². The predicted octanol–water partition coefficient (Wildman–Crippen LogP) is 3.49. The maximum Gasteiger partial charge on any atom is 0.335 e. The second kappa shape index (κ2) is 7.92. The molecule has 1 amide bonds. The Labute approximate surface area is 152 Å². The predicted molar refractivity (Wildman–Crippen MR) is 93.7 cm³/mol. The van der Waals surface area contributed by atoms with Crippen molar-refractivity contribution < 1.29 is 19.6 Å².